The first kappa shape index (κ1) is 24.7. The Bertz CT molecular complexity index is 1420. The molecule has 0 spiro atoms. The molecule has 4 aromatic rings. The maximum atomic E-state index is 13.1. The molecule has 2 heterocycles. The second-order valence-corrected chi connectivity index (χ2v) is 8.66. The highest BCUT2D eigenvalue weighted by Gasteiger charge is 2.21. The van der Waals surface area contributed by atoms with E-state index in [-0.39, 0.29) is 17.5 Å². The predicted octanol–water partition coefficient (Wildman–Crippen LogP) is 4.65. The third-order valence-corrected chi connectivity index (χ3v) is 6.00. The highest BCUT2D eigenvalue weighted by molar-refractivity contribution is 6.11. The molecule has 0 unspecified atom stereocenters. The summed E-state index contributed by atoms with van der Waals surface area (Å²) in [6.45, 7) is 8.58. The summed E-state index contributed by atoms with van der Waals surface area (Å²) in [7, 11) is 1.80. The molecule has 9 nitrogen and oxygen atoms in total. The van der Waals surface area contributed by atoms with Crippen LogP contribution in [-0.2, 0) is 20.2 Å². The normalized spacial score (nSPS) is 10.8. The number of rotatable bonds is 8. The minimum atomic E-state index is -0.378. The zero-order valence-electron chi connectivity index (χ0n) is 21.1. The number of anilines is 2. The van der Waals surface area contributed by atoms with Crippen LogP contribution in [0.25, 0.3) is 0 Å². The van der Waals surface area contributed by atoms with Crippen LogP contribution in [0.3, 0.4) is 0 Å². The Balaban J connectivity index is 1.49. The largest absolute Gasteiger partial charge is 0.489 e. The molecule has 2 aromatic heterocycles. The monoisotopic (exact) mass is 486 g/mol. The molecule has 0 saturated heterocycles. The summed E-state index contributed by atoms with van der Waals surface area (Å²) in [6.07, 6.45) is 3.07. The number of hydrogen-bond donors (Lipinski definition) is 2. The van der Waals surface area contributed by atoms with E-state index in [0.717, 1.165) is 22.6 Å². The first-order valence-corrected chi connectivity index (χ1v) is 11.7. The molecule has 0 radical (unpaired) electrons. The van der Waals surface area contributed by atoms with Gasteiger partial charge in [-0.3, -0.25) is 19.0 Å². The number of benzene rings is 2. The number of aromatic nitrogens is 4. The number of carbonyl (C=O) groups is 2. The van der Waals surface area contributed by atoms with E-state index in [4.69, 9.17) is 4.74 Å². The van der Waals surface area contributed by atoms with Crippen LogP contribution < -0.4 is 15.4 Å². The maximum Gasteiger partial charge on any atom is 0.276 e. The minimum absolute atomic E-state index is 0.267. The number of nitrogens with zero attached hydrogens (tertiary/aromatic N) is 4. The van der Waals surface area contributed by atoms with E-state index in [1.807, 2.05) is 52.0 Å². The summed E-state index contributed by atoms with van der Waals surface area (Å²) in [5, 5.41) is 14.1. The van der Waals surface area contributed by atoms with Gasteiger partial charge >= 0.3 is 0 Å². The topological polar surface area (TPSA) is 103 Å². The fourth-order valence-electron chi connectivity index (χ4n) is 3.88. The van der Waals surface area contributed by atoms with Crippen molar-refractivity contribution in [3.63, 3.8) is 0 Å². The van der Waals surface area contributed by atoms with Gasteiger partial charge in [-0.15, -0.1) is 0 Å². The number of nitrogens with one attached hydrogen (secondary N) is 2. The lowest BCUT2D eigenvalue weighted by molar-refractivity contribution is 0.101. The second kappa shape index (κ2) is 10.5. The Hall–Kier alpha value is -4.40. The molecule has 4 rings (SSSR count). The van der Waals surface area contributed by atoms with Gasteiger partial charge in [0.25, 0.3) is 11.8 Å². The zero-order valence-corrected chi connectivity index (χ0v) is 21.1. The fraction of sp³-hybridized carbons (Fsp3) is 0.259. The molecule has 0 fully saturated rings. The smallest absolute Gasteiger partial charge is 0.276 e. The van der Waals surface area contributed by atoms with Gasteiger partial charge in [-0.05, 0) is 57.0 Å². The van der Waals surface area contributed by atoms with Crippen LogP contribution in [0.15, 0.2) is 54.9 Å². The van der Waals surface area contributed by atoms with E-state index in [2.05, 4.69) is 26.9 Å². The van der Waals surface area contributed by atoms with Crippen molar-refractivity contribution in [2.24, 2.45) is 7.05 Å². The van der Waals surface area contributed by atoms with E-state index < -0.39 is 0 Å². The van der Waals surface area contributed by atoms with Gasteiger partial charge in [0.15, 0.2) is 0 Å². The number of hydrogen-bond acceptors (Lipinski definition) is 5. The summed E-state index contributed by atoms with van der Waals surface area (Å²) in [5.74, 6) is 0.0870. The Morgan fingerprint density at radius 3 is 2.39 bits per heavy atom. The van der Waals surface area contributed by atoms with E-state index in [9.17, 15) is 9.59 Å². The van der Waals surface area contributed by atoms with Crippen LogP contribution in [0.2, 0.25) is 0 Å². The van der Waals surface area contributed by atoms with Gasteiger partial charge in [0, 0.05) is 19.2 Å². The molecule has 9 heteroatoms. The van der Waals surface area contributed by atoms with Crippen LogP contribution >= 0.6 is 0 Å². The maximum absolute atomic E-state index is 13.1. The van der Waals surface area contributed by atoms with Crippen molar-refractivity contribution >= 4 is 23.2 Å². The summed E-state index contributed by atoms with van der Waals surface area (Å²) in [5.41, 5.74) is 5.56. The van der Waals surface area contributed by atoms with Gasteiger partial charge in [-0.2, -0.15) is 10.2 Å². The molecule has 0 saturated carbocycles. The van der Waals surface area contributed by atoms with E-state index in [1.54, 1.807) is 34.7 Å². The minimum Gasteiger partial charge on any atom is -0.489 e. The summed E-state index contributed by atoms with van der Waals surface area (Å²) in [6, 6.07) is 13.2. The Morgan fingerprint density at radius 2 is 1.69 bits per heavy atom. The molecule has 0 aliphatic rings. The molecule has 2 aromatic carbocycles. The van der Waals surface area contributed by atoms with Crippen molar-refractivity contribution in [3.05, 3.63) is 88.5 Å². The van der Waals surface area contributed by atoms with Crippen LogP contribution in [0, 0.1) is 20.8 Å². The number of amides is 2. The molecular formula is C27H30N6O3. The second-order valence-electron chi connectivity index (χ2n) is 8.66. The first-order valence-electron chi connectivity index (χ1n) is 11.7. The highest BCUT2D eigenvalue weighted by atomic mass is 16.5. The Morgan fingerprint density at radius 1 is 0.944 bits per heavy atom. The van der Waals surface area contributed by atoms with Crippen molar-refractivity contribution in [1.29, 1.82) is 0 Å². The first-order chi connectivity index (χ1) is 17.3. The lowest BCUT2D eigenvalue weighted by Gasteiger charge is -2.12. The molecule has 36 heavy (non-hydrogen) atoms. The summed E-state index contributed by atoms with van der Waals surface area (Å²) >= 11 is 0. The Kier molecular flexibility index (Phi) is 7.19. The Labute approximate surface area is 210 Å². The van der Waals surface area contributed by atoms with Gasteiger partial charge in [-0.1, -0.05) is 29.8 Å². The van der Waals surface area contributed by atoms with Crippen molar-refractivity contribution in [2.75, 3.05) is 10.6 Å². The van der Waals surface area contributed by atoms with Crippen LogP contribution in [0.5, 0.6) is 5.75 Å². The van der Waals surface area contributed by atoms with E-state index in [0.29, 0.717) is 30.1 Å². The predicted molar refractivity (Wildman–Crippen MR) is 138 cm³/mol. The average Bonchev–Trinajstić information content (AvgIpc) is 3.41. The van der Waals surface area contributed by atoms with Crippen molar-refractivity contribution in [1.82, 2.24) is 19.6 Å². The van der Waals surface area contributed by atoms with Gasteiger partial charge in [0.2, 0.25) is 0 Å². The van der Waals surface area contributed by atoms with Gasteiger partial charge in [-0.25, -0.2) is 0 Å². The SMILES string of the molecule is CCn1ncc(NC(=O)c2cccc(COc3ccc(C)cc3C)c2)c1C(=O)Nc1cnn(C)c1C. The highest BCUT2D eigenvalue weighted by Crippen LogP contribution is 2.22. The van der Waals surface area contributed by atoms with Gasteiger partial charge in [0.1, 0.15) is 18.1 Å². The fourth-order valence-corrected chi connectivity index (χ4v) is 3.88. The molecule has 186 valence electrons. The van der Waals surface area contributed by atoms with E-state index in [1.165, 1.54) is 11.8 Å². The summed E-state index contributed by atoms with van der Waals surface area (Å²) in [4.78, 5) is 26.2. The van der Waals surface area contributed by atoms with Crippen LogP contribution in [0.4, 0.5) is 11.4 Å². The van der Waals surface area contributed by atoms with Crippen LogP contribution in [-0.4, -0.2) is 31.4 Å². The third-order valence-electron chi connectivity index (χ3n) is 6.00. The quantitative estimate of drug-likeness (QED) is 0.378. The van der Waals surface area contributed by atoms with Crippen molar-refractivity contribution < 1.29 is 14.3 Å². The number of ether oxygens (including phenoxy) is 1. The molecule has 0 aliphatic heterocycles. The lowest BCUT2D eigenvalue weighted by atomic mass is 10.1. The average molecular weight is 487 g/mol. The zero-order chi connectivity index (χ0) is 25.8. The standard InChI is InChI=1S/C27H30N6O3/c1-6-33-25(27(35)30-22-14-28-32(5)19(22)4)23(15-29-33)31-26(34)21-9-7-8-20(13-21)16-36-24-11-10-17(2)12-18(24)3/h7-15H,6,16H2,1-5H3,(H,30,35)(H,31,34). The lowest BCUT2D eigenvalue weighted by Crippen LogP contribution is -2.21. The molecular weight excluding hydrogens is 456 g/mol. The number of aryl methyl sites for hydroxylation is 4. The van der Waals surface area contributed by atoms with Crippen LogP contribution in [0.1, 0.15) is 50.2 Å². The molecule has 0 aliphatic carbocycles. The third kappa shape index (κ3) is 5.30. The van der Waals surface area contributed by atoms with Gasteiger partial charge < -0.3 is 15.4 Å². The summed E-state index contributed by atoms with van der Waals surface area (Å²) < 4.78 is 9.18. The number of carbonyl (C=O) groups excluding carboxylic acids is 2. The van der Waals surface area contributed by atoms with Gasteiger partial charge in [0.05, 0.1) is 29.5 Å². The molecule has 2 amide bonds. The molecule has 0 atom stereocenters. The van der Waals surface area contributed by atoms with E-state index >= 15 is 0 Å². The molecule has 0 bridgehead atoms. The van der Waals surface area contributed by atoms with Crippen molar-refractivity contribution in [3.8, 4) is 5.75 Å². The molecule has 2 N–H and O–H groups in total. The van der Waals surface area contributed by atoms with Crippen molar-refractivity contribution in [2.45, 2.75) is 40.8 Å².